The van der Waals surface area contributed by atoms with E-state index in [1.165, 1.54) is 0 Å². The van der Waals surface area contributed by atoms with Gasteiger partial charge in [-0.15, -0.1) is 0 Å². The number of fused-ring (bicyclic) bond motifs is 5. The topological polar surface area (TPSA) is 86.4 Å². The highest BCUT2D eigenvalue weighted by Gasteiger charge is 2.33. The zero-order chi connectivity index (χ0) is 24.2. The van der Waals surface area contributed by atoms with E-state index in [9.17, 15) is 0 Å². The molecule has 0 saturated heterocycles. The molecule has 174 valence electrons. The molecule has 0 unspecified atom stereocenters. The summed E-state index contributed by atoms with van der Waals surface area (Å²) < 4.78 is 25.4. The molecule has 0 aromatic heterocycles. The molecule has 0 bridgehead atoms. The fraction of sp³-hybridized carbons (Fsp3) is 0.0714. The molecule has 8 heteroatoms. The van der Waals surface area contributed by atoms with Gasteiger partial charge in [0.05, 0.1) is 0 Å². The second kappa shape index (κ2) is 9.60. The maximum atomic E-state index is 6.35. The van der Waals surface area contributed by atoms with Crippen LogP contribution >= 0.6 is 0 Å². The van der Waals surface area contributed by atoms with Crippen molar-refractivity contribution in [3.8, 4) is 23.0 Å². The Morgan fingerprint density at radius 1 is 0.389 bits per heavy atom. The van der Waals surface area contributed by atoms with Crippen LogP contribution in [-0.2, 0) is 0 Å². The van der Waals surface area contributed by atoms with Crippen molar-refractivity contribution in [3.05, 3.63) is 97.1 Å². The second-order valence-corrected chi connectivity index (χ2v) is 7.73. The van der Waals surface area contributed by atoms with Crippen LogP contribution in [0.3, 0.4) is 0 Å². The van der Waals surface area contributed by atoms with Crippen LogP contribution < -0.4 is 18.9 Å². The first kappa shape index (κ1) is 21.4. The van der Waals surface area contributed by atoms with Crippen LogP contribution in [0.2, 0.25) is 0 Å². The summed E-state index contributed by atoms with van der Waals surface area (Å²) in [6.07, 6.45) is -2.18. The molecule has 0 N–H and O–H groups in total. The molecule has 0 spiro atoms. The van der Waals surface area contributed by atoms with E-state index in [4.69, 9.17) is 18.9 Å². The number of benzene rings is 4. The molecule has 2 heterocycles. The molecule has 2 aliphatic heterocycles. The van der Waals surface area contributed by atoms with Crippen molar-refractivity contribution in [2.75, 3.05) is 0 Å². The number of aliphatic imine (C=N–C) groups is 4. The molecule has 0 amide bonds. The highest BCUT2D eigenvalue weighted by atomic mass is 16.8. The summed E-state index contributed by atoms with van der Waals surface area (Å²) >= 11 is 0. The fourth-order valence-corrected chi connectivity index (χ4v) is 3.63. The van der Waals surface area contributed by atoms with E-state index in [-0.39, 0.29) is 0 Å². The van der Waals surface area contributed by atoms with E-state index in [1.807, 2.05) is 48.5 Å². The van der Waals surface area contributed by atoms with Gasteiger partial charge in [0, 0.05) is 0 Å². The van der Waals surface area contributed by atoms with E-state index >= 15 is 0 Å². The van der Waals surface area contributed by atoms with Gasteiger partial charge in [-0.3, -0.25) is 0 Å². The van der Waals surface area contributed by atoms with Gasteiger partial charge in [0.2, 0.25) is 0 Å². The summed E-state index contributed by atoms with van der Waals surface area (Å²) in [5.74, 6) is 1.75. The predicted molar refractivity (Wildman–Crippen MR) is 134 cm³/mol. The number of para-hydroxylation sites is 8. The molecule has 0 saturated carbocycles. The maximum absolute atomic E-state index is 6.35. The van der Waals surface area contributed by atoms with E-state index in [2.05, 4.69) is 32.0 Å². The Bertz CT molecular complexity index is 1330. The Morgan fingerprint density at radius 3 is 0.917 bits per heavy atom. The lowest BCUT2D eigenvalue weighted by molar-refractivity contribution is -0.154. The van der Waals surface area contributed by atoms with Crippen LogP contribution in [0, 0.1) is 0 Å². The molecule has 4 aromatic carbocycles. The van der Waals surface area contributed by atoms with Crippen molar-refractivity contribution in [2.24, 2.45) is 20.0 Å². The molecule has 0 radical (unpaired) electrons. The van der Waals surface area contributed by atoms with Gasteiger partial charge in [-0.05, 0) is 48.5 Å². The molecule has 4 aromatic rings. The first-order valence-corrected chi connectivity index (χ1v) is 11.2. The minimum Gasteiger partial charge on any atom is -0.446 e. The average molecular weight is 474 g/mol. The molecule has 6 rings (SSSR count). The number of ether oxygens (including phenoxy) is 4. The van der Waals surface area contributed by atoms with Crippen LogP contribution in [0.4, 0.5) is 22.7 Å². The molecule has 36 heavy (non-hydrogen) atoms. The van der Waals surface area contributed by atoms with E-state index in [1.54, 1.807) is 48.5 Å². The van der Waals surface area contributed by atoms with Crippen molar-refractivity contribution >= 4 is 34.8 Å². The van der Waals surface area contributed by atoms with Crippen LogP contribution in [0.25, 0.3) is 0 Å². The molecule has 2 aliphatic rings. The Kier molecular flexibility index (Phi) is 5.70. The molecular weight excluding hydrogens is 456 g/mol. The van der Waals surface area contributed by atoms with Crippen molar-refractivity contribution in [1.29, 1.82) is 0 Å². The predicted octanol–water partition coefficient (Wildman–Crippen LogP) is 6.86. The summed E-state index contributed by atoms with van der Waals surface area (Å²) in [4.78, 5) is 17.4. The number of hydrogen-bond donors (Lipinski definition) is 0. The summed E-state index contributed by atoms with van der Waals surface area (Å²) in [6, 6.07) is 34.5. The van der Waals surface area contributed by atoms with E-state index in [0.717, 1.165) is 0 Å². The molecular formula is C28H18N4O4. The smallest absolute Gasteiger partial charge is 0.316 e. The average Bonchev–Trinajstić information content (AvgIpc) is 2.95. The summed E-state index contributed by atoms with van der Waals surface area (Å²) in [5.41, 5.74) is 2.08. The summed E-state index contributed by atoms with van der Waals surface area (Å²) in [7, 11) is 0. The van der Waals surface area contributed by atoms with Crippen LogP contribution in [0.1, 0.15) is 0 Å². The minimum absolute atomic E-state index is 0.439. The standard InChI is InChI=1S/C28H18N4O4/c1-5-13-23-19(9-1)29-17-30-20-10-2-6-14-24(20)35-28-27(33-23)34-25-15-7-3-11-21(25)31-18-32-22-12-4-8-16-26(22)36-28/h1-16,27-28H. The Labute approximate surface area is 206 Å². The zero-order valence-corrected chi connectivity index (χ0v) is 18.8. The van der Waals surface area contributed by atoms with Gasteiger partial charge in [0.25, 0.3) is 0 Å². The van der Waals surface area contributed by atoms with Crippen molar-refractivity contribution in [3.63, 3.8) is 0 Å². The molecule has 0 aliphatic carbocycles. The van der Waals surface area contributed by atoms with Crippen molar-refractivity contribution < 1.29 is 18.9 Å². The Balaban J connectivity index is 1.56. The van der Waals surface area contributed by atoms with Gasteiger partial charge in [0.1, 0.15) is 34.8 Å². The lowest BCUT2D eigenvalue weighted by Gasteiger charge is -2.29. The highest BCUT2D eigenvalue weighted by molar-refractivity contribution is 5.66. The Morgan fingerprint density at radius 2 is 0.639 bits per heavy atom. The first-order valence-electron chi connectivity index (χ1n) is 11.2. The molecule has 0 fully saturated rings. The first-order chi connectivity index (χ1) is 17.8. The van der Waals surface area contributed by atoms with Gasteiger partial charge in [-0.2, -0.15) is 20.0 Å². The van der Waals surface area contributed by atoms with Gasteiger partial charge in [-0.25, -0.2) is 0 Å². The maximum Gasteiger partial charge on any atom is 0.316 e. The van der Waals surface area contributed by atoms with Crippen molar-refractivity contribution in [2.45, 2.75) is 12.6 Å². The van der Waals surface area contributed by atoms with Crippen LogP contribution in [-0.4, -0.2) is 24.6 Å². The minimum atomic E-state index is -1.09. The highest BCUT2D eigenvalue weighted by Crippen LogP contribution is 2.37. The quantitative estimate of drug-likeness (QED) is 0.279. The lowest BCUT2D eigenvalue weighted by Crippen LogP contribution is -2.45. The van der Waals surface area contributed by atoms with Gasteiger partial charge < -0.3 is 18.9 Å². The van der Waals surface area contributed by atoms with Crippen LogP contribution in [0.15, 0.2) is 117 Å². The third-order valence-electron chi connectivity index (χ3n) is 5.34. The second-order valence-electron chi connectivity index (χ2n) is 7.73. The lowest BCUT2D eigenvalue weighted by atomic mass is 10.3. The van der Waals surface area contributed by atoms with Crippen molar-refractivity contribution in [1.82, 2.24) is 0 Å². The van der Waals surface area contributed by atoms with Crippen LogP contribution in [0.5, 0.6) is 23.0 Å². The summed E-state index contributed by atoms with van der Waals surface area (Å²) in [6.45, 7) is 0. The Hall–Kier alpha value is -5.16. The summed E-state index contributed by atoms with van der Waals surface area (Å²) in [5, 5.41) is 0. The fourth-order valence-electron chi connectivity index (χ4n) is 3.63. The van der Waals surface area contributed by atoms with Gasteiger partial charge in [0.15, 0.2) is 23.0 Å². The third-order valence-corrected chi connectivity index (χ3v) is 5.34. The van der Waals surface area contributed by atoms with E-state index in [0.29, 0.717) is 45.7 Å². The zero-order valence-electron chi connectivity index (χ0n) is 18.8. The number of nitrogens with zero attached hydrogens (tertiary/aromatic N) is 4. The van der Waals surface area contributed by atoms with Gasteiger partial charge >= 0.3 is 12.6 Å². The monoisotopic (exact) mass is 474 g/mol. The number of rotatable bonds is 0. The number of hydrogen-bond acceptors (Lipinski definition) is 8. The van der Waals surface area contributed by atoms with E-state index < -0.39 is 12.6 Å². The molecule has 8 nitrogen and oxygen atoms in total. The normalized spacial score (nSPS) is 17.6. The third kappa shape index (κ3) is 4.45. The van der Waals surface area contributed by atoms with Gasteiger partial charge in [-0.1, -0.05) is 48.5 Å². The molecule has 0 atom stereocenters. The SMILES string of the molecule is C1=Nc2ccccc2OC2Oc3ccccc3N=C=Nc3ccccc3OC2Oc2ccccc2N=1. The largest absolute Gasteiger partial charge is 0.446 e.